The van der Waals surface area contributed by atoms with Gasteiger partial charge in [-0.1, -0.05) is 121 Å². The highest BCUT2D eigenvalue weighted by molar-refractivity contribution is 7.27. The van der Waals surface area contributed by atoms with Crippen molar-refractivity contribution in [3.8, 4) is 22.8 Å². The second kappa shape index (κ2) is 10.9. The second-order valence-electron chi connectivity index (χ2n) is 13.9. The topological polar surface area (TPSA) is 22.8 Å². The Kier molecular flexibility index (Phi) is 5.93. The summed E-state index contributed by atoms with van der Waals surface area (Å²) in [6.45, 7) is 0. The van der Waals surface area contributed by atoms with Crippen molar-refractivity contribution >= 4 is 96.7 Å². The zero-order chi connectivity index (χ0) is 34.6. The van der Waals surface area contributed by atoms with Crippen LogP contribution in [0.2, 0.25) is 0 Å². The maximum atomic E-state index is 5.18. The maximum Gasteiger partial charge on any atom is 0.145 e. The van der Waals surface area contributed by atoms with Gasteiger partial charge in [-0.05, 0) is 70.8 Å². The zero-order valence-electron chi connectivity index (χ0n) is 28.5. The molecule has 0 aliphatic carbocycles. The molecule has 0 radical (unpaired) electrons. The number of rotatable bonds is 3. The van der Waals surface area contributed by atoms with Crippen LogP contribution in [-0.2, 0) is 0 Å². The van der Waals surface area contributed by atoms with Gasteiger partial charge < -0.3 is 4.57 Å². The number of thiophene rings is 1. The van der Waals surface area contributed by atoms with E-state index in [0.717, 1.165) is 33.8 Å². The third kappa shape index (κ3) is 3.96. The van der Waals surface area contributed by atoms with Crippen molar-refractivity contribution in [1.82, 2.24) is 14.1 Å². The molecule has 0 bridgehead atoms. The first-order chi connectivity index (χ1) is 26.3. The molecule has 3 heterocycles. The summed E-state index contributed by atoms with van der Waals surface area (Å²) in [5.41, 5.74) is 7.86. The number of para-hydroxylation sites is 3. The molecule has 0 saturated heterocycles. The van der Waals surface area contributed by atoms with Crippen molar-refractivity contribution in [2.45, 2.75) is 0 Å². The van der Waals surface area contributed by atoms with Gasteiger partial charge in [0.25, 0.3) is 0 Å². The molecule has 246 valence electrons. The SMILES string of the molecule is c1ccc(-n2c(-c3ccc(-n4c5c6ccccc6c6ccccc6c5c5c6c7ccccc7sc6c6ccccc6c54)cc3)nc3ccccc32)cc1. The number of benzene rings is 9. The van der Waals surface area contributed by atoms with Crippen LogP contribution < -0.4 is 0 Å². The first-order valence-corrected chi connectivity index (χ1v) is 18.9. The van der Waals surface area contributed by atoms with Crippen LogP contribution in [0.3, 0.4) is 0 Å². The molecule has 53 heavy (non-hydrogen) atoms. The van der Waals surface area contributed by atoms with E-state index < -0.39 is 0 Å². The Morgan fingerprint density at radius 3 is 1.70 bits per heavy atom. The minimum atomic E-state index is 0.930. The second-order valence-corrected chi connectivity index (χ2v) is 14.9. The maximum absolute atomic E-state index is 5.18. The molecule has 0 fully saturated rings. The zero-order valence-corrected chi connectivity index (χ0v) is 29.3. The Morgan fingerprint density at radius 1 is 0.377 bits per heavy atom. The molecule has 3 aromatic heterocycles. The number of aromatic nitrogens is 3. The average molecular weight is 692 g/mol. The van der Waals surface area contributed by atoms with Gasteiger partial charge in [0.15, 0.2) is 0 Å². The molecule has 0 amide bonds. The summed E-state index contributed by atoms with van der Waals surface area (Å²) in [6.07, 6.45) is 0. The largest absolute Gasteiger partial charge is 0.308 e. The van der Waals surface area contributed by atoms with Gasteiger partial charge in [0.1, 0.15) is 5.82 Å². The number of imidazole rings is 1. The number of hydrogen-bond acceptors (Lipinski definition) is 2. The predicted octanol–water partition coefficient (Wildman–Crippen LogP) is 13.6. The fraction of sp³-hybridized carbons (Fsp3) is 0. The van der Waals surface area contributed by atoms with Gasteiger partial charge in [-0.25, -0.2) is 4.98 Å². The standard InChI is InChI=1S/C49H29N3S/c1-2-14-31(15-3-1)51-41-24-12-11-23-40(41)50-49(51)30-26-28-32(29-27-30)52-46-36-19-7-5-17-34(36)33-16-4-6-18-35(33)43(46)45-44-39-22-10-13-25-42(39)53-48(44)38-21-9-8-20-37(38)47(45)52/h1-29H. The monoisotopic (exact) mass is 691 g/mol. The third-order valence-electron chi connectivity index (χ3n) is 11.1. The summed E-state index contributed by atoms with van der Waals surface area (Å²) < 4.78 is 7.49. The third-order valence-corrected chi connectivity index (χ3v) is 12.3. The lowest BCUT2D eigenvalue weighted by molar-refractivity contribution is 1.10. The molecule has 12 aromatic rings. The molecule has 3 nitrogen and oxygen atoms in total. The van der Waals surface area contributed by atoms with E-state index >= 15 is 0 Å². The Hall–Kier alpha value is -6.75. The molecule has 0 N–H and O–H groups in total. The van der Waals surface area contributed by atoms with Gasteiger partial charge in [0, 0.05) is 64.0 Å². The molecular weight excluding hydrogens is 663 g/mol. The normalized spacial score (nSPS) is 12.2. The average Bonchev–Trinajstić information content (AvgIpc) is 3.92. The van der Waals surface area contributed by atoms with Crippen molar-refractivity contribution in [2.75, 3.05) is 0 Å². The summed E-state index contributed by atoms with van der Waals surface area (Å²) in [5.74, 6) is 0.930. The summed E-state index contributed by atoms with van der Waals surface area (Å²) in [7, 11) is 0. The quantitative estimate of drug-likeness (QED) is 0.169. The molecule has 0 unspecified atom stereocenters. The lowest BCUT2D eigenvalue weighted by atomic mass is 9.94. The van der Waals surface area contributed by atoms with E-state index in [4.69, 9.17) is 4.98 Å². The van der Waals surface area contributed by atoms with Crippen molar-refractivity contribution in [3.63, 3.8) is 0 Å². The fourth-order valence-electron chi connectivity index (χ4n) is 8.90. The van der Waals surface area contributed by atoms with E-state index in [1.165, 1.54) is 74.3 Å². The number of hydrogen-bond donors (Lipinski definition) is 0. The van der Waals surface area contributed by atoms with Gasteiger partial charge in [-0.15, -0.1) is 11.3 Å². The van der Waals surface area contributed by atoms with Crippen LogP contribution in [0.1, 0.15) is 0 Å². The first kappa shape index (κ1) is 28.9. The highest BCUT2D eigenvalue weighted by Crippen LogP contribution is 2.51. The van der Waals surface area contributed by atoms with E-state index in [1.807, 2.05) is 11.3 Å². The van der Waals surface area contributed by atoms with Crippen LogP contribution >= 0.6 is 11.3 Å². The Bertz CT molecular complexity index is 3440. The number of nitrogens with zero attached hydrogens (tertiary/aromatic N) is 3. The Morgan fingerprint density at radius 2 is 0.925 bits per heavy atom. The molecule has 4 heteroatoms. The van der Waals surface area contributed by atoms with Gasteiger partial charge in [-0.3, -0.25) is 4.57 Å². The van der Waals surface area contributed by atoms with Crippen LogP contribution in [0.15, 0.2) is 176 Å². The van der Waals surface area contributed by atoms with Crippen molar-refractivity contribution < 1.29 is 0 Å². The molecule has 12 rings (SSSR count). The predicted molar refractivity (Wildman–Crippen MR) is 226 cm³/mol. The Labute approximate surface area is 308 Å². The summed E-state index contributed by atoms with van der Waals surface area (Å²) >= 11 is 1.91. The van der Waals surface area contributed by atoms with Crippen molar-refractivity contribution in [2.24, 2.45) is 0 Å². The minimum absolute atomic E-state index is 0.930. The lowest BCUT2D eigenvalue weighted by Gasteiger charge is -2.14. The van der Waals surface area contributed by atoms with Crippen molar-refractivity contribution in [3.05, 3.63) is 176 Å². The van der Waals surface area contributed by atoms with Crippen LogP contribution in [-0.4, -0.2) is 14.1 Å². The van der Waals surface area contributed by atoms with E-state index in [-0.39, 0.29) is 0 Å². The highest BCUT2D eigenvalue weighted by Gasteiger charge is 2.25. The van der Waals surface area contributed by atoms with E-state index in [2.05, 4.69) is 185 Å². The fourth-order valence-corrected chi connectivity index (χ4v) is 10.1. The van der Waals surface area contributed by atoms with Crippen LogP contribution in [0.25, 0.3) is 108 Å². The molecule has 0 spiro atoms. The molecule has 0 aliphatic rings. The van der Waals surface area contributed by atoms with Crippen LogP contribution in [0.5, 0.6) is 0 Å². The molecule has 0 saturated carbocycles. The van der Waals surface area contributed by atoms with Gasteiger partial charge in [-0.2, -0.15) is 0 Å². The summed E-state index contributed by atoms with van der Waals surface area (Å²) in [5, 5.41) is 12.9. The minimum Gasteiger partial charge on any atom is -0.308 e. The summed E-state index contributed by atoms with van der Waals surface area (Å²) in [6, 6.07) is 63.9. The van der Waals surface area contributed by atoms with Crippen molar-refractivity contribution in [1.29, 1.82) is 0 Å². The van der Waals surface area contributed by atoms with Gasteiger partial charge in [0.05, 0.1) is 22.1 Å². The lowest BCUT2D eigenvalue weighted by Crippen LogP contribution is -1.99. The molecular formula is C49H29N3S. The number of fused-ring (bicyclic) bond motifs is 16. The van der Waals surface area contributed by atoms with E-state index in [0.29, 0.717) is 0 Å². The van der Waals surface area contributed by atoms with Crippen LogP contribution in [0.4, 0.5) is 0 Å². The van der Waals surface area contributed by atoms with Gasteiger partial charge in [0.2, 0.25) is 0 Å². The van der Waals surface area contributed by atoms with Gasteiger partial charge >= 0.3 is 0 Å². The highest BCUT2D eigenvalue weighted by atomic mass is 32.1. The first-order valence-electron chi connectivity index (χ1n) is 18.1. The smallest absolute Gasteiger partial charge is 0.145 e. The molecule has 0 aliphatic heterocycles. The summed E-state index contributed by atoms with van der Waals surface area (Å²) in [4.78, 5) is 5.18. The Balaban J connectivity index is 1.25. The van der Waals surface area contributed by atoms with Crippen LogP contribution in [0, 0.1) is 0 Å². The van der Waals surface area contributed by atoms with E-state index in [1.54, 1.807) is 0 Å². The molecule has 9 aromatic carbocycles. The van der Waals surface area contributed by atoms with E-state index in [9.17, 15) is 0 Å². The molecule has 0 atom stereocenters.